The minimum Gasteiger partial charge on any atom is -0.497 e. The number of fused-ring (bicyclic) bond motifs is 1. The first-order chi connectivity index (χ1) is 13.0. The molecule has 0 spiro atoms. The monoisotopic (exact) mass is 365 g/mol. The van der Waals surface area contributed by atoms with E-state index in [0.717, 1.165) is 47.9 Å². The normalized spacial score (nSPS) is 17.1. The molecule has 3 aromatic rings. The van der Waals surface area contributed by atoms with Crippen molar-refractivity contribution in [1.29, 1.82) is 0 Å². The van der Waals surface area contributed by atoms with Crippen LogP contribution in [0.1, 0.15) is 32.3 Å². The first kappa shape index (κ1) is 17.8. The zero-order valence-electron chi connectivity index (χ0n) is 16.2. The van der Waals surface area contributed by atoms with E-state index in [-0.39, 0.29) is 0 Å². The fourth-order valence-corrected chi connectivity index (χ4v) is 3.64. The number of aromatic amines is 1. The number of nitrogens with zero attached hydrogens (tertiary/aromatic N) is 3. The number of benzene rings is 1. The summed E-state index contributed by atoms with van der Waals surface area (Å²) >= 11 is 0. The van der Waals surface area contributed by atoms with Gasteiger partial charge in [-0.2, -0.15) is 0 Å². The van der Waals surface area contributed by atoms with E-state index < -0.39 is 0 Å². The number of likely N-dealkylation sites (tertiary alicyclic amines) is 1. The van der Waals surface area contributed by atoms with Crippen LogP contribution in [0.2, 0.25) is 0 Å². The van der Waals surface area contributed by atoms with Crippen molar-refractivity contribution in [3.05, 3.63) is 42.4 Å². The van der Waals surface area contributed by atoms with E-state index in [9.17, 15) is 0 Å². The second kappa shape index (κ2) is 7.19. The maximum atomic E-state index is 5.32. The Morgan fingerprint density at radius 3 is 2.81 bits per heavy atom. The molecular weight excluding hydrogens is 338 g/mol. The molecule has 0 unspecified atom stereocenters. The molecule has 0 bridgehead atoms. The van der Waals surface area contributed by atoms with E-state index in [1.165, 1.54) is 18.4 Å². The molecule has 27 heavy (non-hydrogen) atoms. The van der Waals surface area contributed by atoms with Crippen molar-refractivity contribution >= 4 is 22.5 Å². The summed E-state index contributed by atoms with van der Waals surface area (Å²) in [7, 11) is 1.67. The van der Waals surface area contributed by atoms with E-state index >= 15 is 0 Å². The summed E-state index contributed by atoms with van der Waals surface area (Å²) in [5.74, 6) is 1.64. The third kappa shape index (κ3) is 3.90. The molecule has 4 rings (SSSR count). The summed E-state index contributed by atoms with van der Waals surface area (Å²) in [6.07, 6.45) is 6.13. The average Bonchev–Trinajstić information content (AvgIpc) is 3.08. The molecule has 0 radical (unpaired) electrons. The van der Waals surface area contributed by atoms with Crippen molar-refractivity contribution < 1.29 is 4.74 Å². The van der Waals surface area contributed by atoms with E-state index in [2.05, 4.69) is 45.2 Å². The van der Waals surface area contributed by atoms with Gasteiger partial charge in [-0.25, -0.2) is 9.97 Å². The smallest absolute Gasteiger partial charge is 0.143 e. The van der Waals surface area contributed by atoms with Crippen molar-refractivity contribution in [2.45, 2.75) is 33.2 Å². The van der Waals surface area contributed by atoms with Crippen LogP contribution in [0.5, 0.6) is 5.75 Å². The number of aromatic nitrogens is 3. The summed E-state index contributed by atoms with van der Waals surface area (Å²) in [6.45, 7) is 7.90. The topological polar surface area (TPSA) is 66.1 Å². The van der Waals surface area contributed by atoms with Gasteiger partial charge in [-0.1, -0.05) is 19.9 Å². The van der Waals surface area contributed by atoms with E-state index in [0.29, 0.717) is 5.41 Å². The first-order valence-electron chi connectivity index (χ1n) is 9.48. The van der Waals surface area contributed by atoms with Gasteiger partial charge in [0, 0.05) is 24.5 Å². The van der Waals surface area contributed by atoms with Gasteiger partial charge in [-0.3, -0.25) is 4.90 Å². The Morgan fingerprint density at radius 1 is 1.22 bits per heavy atom. The molecule has 1 aliphatic rings. The van der Waals surface area contributed by atoms with Gasteiger partial charge >= 0.3 is 0 Å². The predicted octanol–water partition coefficient (Wildman–Crippen LogP) is 4.33. The highest BCUT2D eigenvalue weighted by molar-refractivity contribution is 5.92. The van der Waals surface area contributed by atoms with Crippen LogP contribution in [0.3, 0.4) is 0 Å². The van der Waals surface area contributed by atoms with Crippen LogP contribution >= 0.6 is 0 Å². The van der Waals surface area contributed by atoms with Crippen LogP contribution in [0.4, 0.5) is 11.5 Å². The highest BCUT2D eigenvalue weighted by atomic mass is 16.5. The molecule has 2 N–H and O–H groups in total. The van der Waals surface area contributed by atoms with Gasteiger partial charge in [0.25, 0.3) is 0 Å². The van der Waals surface area contributed by atoms with Crippen molar-refractivity contribution in [1.82, 2.24) is 19.9 Å². The summed E-state index contributed by atoms with van der Waals surface area (Å²) in [5.41, 5.74) is 3.50. The van der Waals surface area contributed by atoms with Crippen molar-refractivity contribution in [3.63, 3.8) is 0 Å². The highest BCUT2D eigenvalue weighted by Gasteiger charge is 2.26. The van der Waals surface area contributed by atoms with Crippen molar-refractivity contribution in [2.24, 2.45) is 5.41 Å². The lowest BCUT2D eigenvalue weighted by atomic mass is 9.82. The number of piperidine rings is 1. The van der Waals surface area contributed by atoms with Gasteiger partial charge in [0.1, 0.15) is 23.5 Å². The fraction of sp³-hybridized carbons (Fsp3) is 0.429. The molecule has 0 amide bonds. The number of ether oxygens (including phenoxy) is 1. The van der Waals surface area contributed by atoms with Crippen molar-refractivity contribution in [3.8, 4) is 5.75 Å². The number of rotatable bonds is 5. The maximum Gasteiger partial charge on any atom is 0.143 e. The Morgan fingerprint density at radius 2 is 2.04 bits per heavy atom. The first-order valence-corrected chi connectivity index (χ1v) is 9.48. The molecule has 1 aromatic carbocycles. The van der Waals surface area contributed by atoms with Gasteiger partial charge in [-0.15, -0.1) is 0 Å². The second-order valence-corrected chi connectivity index (χ2v) is 8.06. The Kier molecular flexibility index (Phi) is 4.74. The molecule has 2 aromatic heterocycles. The van der Waals surface area contributed by atoms with Gasteiger partial charge in [0.05, 0.1) is 12.5 Å². The quantitative estimate of drug-likeness (QED) is 0.704. The zero-order valence-corrected chi connectivity index (χ0v) is 16.2. The summed E-state index contributed by atoms with van der Waals surface area (Å²) in [4.78, 5) is 14.7. The Balaban J connectivity index is 1.59. The molecule has 0 atom stereocenters. The molecule has 6 heteroatoms. The SMILES string of the molecule is COc1cccc(Nc2ncnc3[nH]cc(CN4CCC(C)(C)CC4)c23)c1. The number of hydrogen-bond donors (Lipinski definition) is 2. The van der Waals surface area contributed by atoms with Crippen LogP contribution in [-0.2, 0) is 6.54 Å². The minimum absolute atomic E-state index is 0.457. The lowest BCUT2D eigenvalue weighted by molar-refractivity contribution is 0.127. The molecule has 0 aliphatic carbocycles. The summed E-state index contributed by atoms with van der Waals surface area (Å²) in [6, 6.07) is 7.87. The average molecular weight is 365 g/mol. The number of methoxy groups -OCH3 is 1. The van der Waals surface area contributed by atoms with Crippen LogP contribution in [0, 0.1) is 5.41 Å². The van der Waals surface area contributed by atoms with E-state index in [1.807, 2.05) is 24.3 Å². The lowest BCUT2D eigenvalue weighted by Crippen LogP contribution is -2.36. The molecule has 6 nitrogen and oxygen atoms in total. The third-order valence-corrected chi connectivity index (χ3v) is 5.49. The molecule has 142 valence electrons. The van der Waals surface area contributed by atoms with Gasteiger partial charge < -0.3 is 15.0 Å². The largest absolute Gasteiger partial charge is 0.497 e. The summed E-state index contributed by atoms with van der Waals surface area (Å²) < 4.78 is 5.32. The molecule has 3 heterocycles. The standard InChI is InChI=1S/C21H27N5O/c1-21(2)7-9-26(10-8-21)13-15-12-22-19-18(15)20(24-14-23-19)25-16-5-4-6-17(11-16)27-3/h4-6,11-12,14H,7-10,13H2,1-3H3,(H2,22,23,24,25). The van der Waals surface area contributed by atoms with E-state index in [4.69, 9.17) is 4.74 Å². The zero-order chi connectivity index (χ0) is 18.9. The van der Waals surface area contributed by atoms with E-state index in [1.54, 1.807) is 13.4 Å². The van der Waals surface area contributed by atoms with Crippen molar-refractivity contribution in [2.75, 3.05) is 25.5 Å². The van der Waals surface area contributed by atoms with Gasteiger partial charge in [-0.05, 0) is 49.0 Å². The van der Waals surface area contributed by atoms with Gasteiger partial charge in [0.2, 0.25) is 0 Å². The maximum absolute atomic E-state index is 5.32. The van der Waals surface area contributed by atoms with Crippen LogP contribution in [0.15, 0.2) is 36.8 Å². The molecule has 0 saturated carbocycles. The number of nitrogens with one attached hydrogen (secondary N) is 2. The number of anilines is 2. The van der Waals surface area contributed by atoms with Crippen LogP contribution in [0.25, 0.3) is 11.0 Å². The molecule has 1 aliphatic heterocycles. The Bertz CT molecular complexity index is 923. The highest BCUT2D eigenvalue weighted by Crippen LogP contribution is 2.32. The van der Waals surface area contributed by atoms with Crippen LogP contribution < -0.4 is 10.1 Å². The fourth-order valence-electron chi connectivity index (χ4n) is 3.64. The minimum atomic E-state index is 0.457. The number of H-pyrrole nitrogens is 1. The Hall–Kier alpha value is -2.60. The third-order valence-electron chi connectivity index (χ3n) is 5.49. The van der Waals surface area contributed by atoms with Crippen LogP contribution in [-0.4, -0.2) is 40.1 Å². The number of hydrogen-bond acceptors (Lipinski definition) is 5. The molecule has 1 fully saturated rings. The molecular formula is C21H27N5O. The lowest BCUT2D eigenvalue weighted by Gasteiger charge is -2.36. The second-order valence-electron chi connectivity index (χ2n) is 8.06. The van der Waals surface area contributed by atoms with Gasteiger partial charge in [0.15, 0.2) is 0 Å². The predicted molar refractivity (Wildman–Crippen MR) is 108 cm³/mol. The summed E-state index contributed by atoms with van der Waals surface area (Å²) in [5, 5.41) is 4.49. The molecule has 1 saturated heterocycles. The Labute approximate surface area is 160 Å².